The lowest BCUT2D eigenvalue weighted by Crippen LogP contribution is -2.21. The standard InChI is InChI=1S/C16H19ClN4/c1-12-10-15(18-11-13-6-2-3-7-14(13)17)20-16(19-12)21-8-4-5-9-21/h2-3,6-7,10H,4-5,8-9,11H2,1H3,(H,18,19,20). The van der Waals surface area contributed by atoms with Gasteiger partial charge in [-0.1, -0.05) is 29.8 Å². The SMILES string of the molecule is Cc1cc(NCc2ccccc2Cl)nc(N2CCCC2)n1. The molecular formula is C16H19ClN4. The summed E-state index contributed by atoms with van der Waals surface area (Å²) in [6.45, 7) is 4.76. The summed E-state index contributed by atoms with van der Waals surface area (Å²) in [7, 11) is 0. The van der Waals surface area contributed by atoms with Crippen LogP contribution in [-0.4, -0.2) is 23.1 Å². The highest BCUT2D eigenvalue weighted by atomic mass is 35.5. The van der Waals surface area contributed by atoms with Gasteiger partial charge in [0.2, 0.25) is 5.95 Å². The second-order valence-electron chi connectivity index (χ2n) is 5.33. The Hall–Kier alpha value is -1.81. The van der Waals surface area contributed by atoms with Crippen LogP contribution in [0.4, 0.5) is 11.8 Å². The molecule has 1 N–H and O–H groups in total. The number of halogens is 1. The van der Waals surface area contributed by atoms with Crippen LogP contribution in [0, 0.1) is 6.92 Å². The molecule has 4 nitrogen and oxygen atoms in total. The molecule has 1 aliphatic heterocycles. The summed E-state index contributed by atoms with van der Waals surface area (Å²) in [5.74, 6) is 1.68. The Morgan fingerprint density at radius 1 is 1.19 bits per heavy atom. The molecule has 0 aliphatic carbocycles. The number of nitrogens with zero attached hydrogens (tertiary/aromatic N) is 3. The number of rotatable bonds is 4. The Kier molecular flexibility index (Phi) is 4.25. The minimum Gasteiger partial charge on any atom is -0.366 e. The van der Waals surface area contributed by atoms with Gasteiger partial charge < -0.3 is 10.2 Å². The highest BCUT2D eigenvalue weighted by molar-refractivity contribution is 6.31. The molecule has 1 saturated heterocycles. The van der Waals surface area contributed by atoms with Crippen LogP contribution in [0.3, 0.4) is 0 Å². The molecule has 0 amide bonds. The van der Waals surface area contributed by atoms with Crippen LogP contribution < -0.4 is 10.2 Å². The average molecular weight is 303 g/mol. The van der Waals surface area contributed by atoms with Crippen molar-refractivity contribution in [2.24, 2.45) is 0 Å². The van der Waals surface area contributed by atoms with Gasteiger partial charge in [-0.05, 0) is 31.4 Å². The molecular weight excluding hydrogens is 284 g/mol. The van der Waals surface area contributed by atoms with Crippen molar-refractivity contribution in [3.8, 4) is 0 Å². The van der Waals surface area contributed by atoms with E-state index in [1.54, 1.807) is 0 Å². The first kappa shape index (κ1) is 14.1. The van der Waals surface area contributed by atoms with Crippen molar-refractivity contribution in [3.05, 3.63) is 46.6 Å². The summed E-state index contributed by atoms with van der Waals surface area (Å²) >= 11 is 6.18. The Balaban J connectivity index is 1.74. The van der Waals surface area contributed by atoms with E-state index in [2.05, 4.69) is 20.2 Å². The van der Waals surface area contributed by atoms with Crippen molar-refractivity contribution in [1.82, 2.24) is 9.97 Å². The maximum absolute atomic E-state index is 6.18. The molecule has 0 radical (unpaired) electrons. The molecule has 0 unspecified atom stereocenters. The third-order valence-corrected chi connectivity index (χ3v) is 4.02. The van der Waals surface area contributed by atoms with Crippen LogP contribution in [-0.2, 0) is 6.54 Å². The van der Waals surface area contributed by atoms with Crippen molar-refractivity contribution in [1.29, 1.82) is 0 Å². The fraction of sp³-hybridized carbons (Fsp3) is 0.375. The second kappa shape index (κ2) is 6.31. The molecule has 0 spiro atoms. The van der Waals surface area contributed by atoms with Gasteiger partial charge in [0.15, 0.2) is 0 Å². The van der Waals surface area contributed by atoms with Gasteiger partial charge in [-0.2, -0.15) is 4.98 Å². The molecule has 2 heterocycles. The largest absolute Gasteiger partial charge is 0.366 e. The number of aromatic nitrogens is 2. The molecule has 1 aromatic heterocycles. The van der Waals surface area contributed by atoms with E-state index in [1.165, 1.54) is 12.8 Å². The fourth-order valence-corrected chi connectivity index (χ4v) is 2.73. The zero-order valence-electron chi connectivity index (χ0n) is 12.1. The molecule has 21 heavy (non-hydrogen) atoms. The van der Waals surface area contributed by atoms with Gasteiger partial charge in [-0.25, -0.2) is 4.98 Å². The summed E-state index contributed by atoms with van der Waals surface area (Å²) in [4.78, 5) is 11.4. The molecule has 0 bridgehead atoms. The zero-order chi connectivity index (χ0) is 14.7. The summed E-state index contributed by atoms with van der Waals surface area (Å²) in [6, 6.07) is 9.82. The maximum Gasteiger partial charge on any atom is 0.227 e. The van der Waals surface area contributed by atoms with Crippen molar-refractivity contribution >= 4 is 23.4 Å². The minimum atomic E-state index is 0.662. The summed E-state index contributed by atoms with van der Waals surface area (Å²) in [6.07, 6.45) is 2.44. The first-order chi connectivity index (χ1) is 10.2. The third-order valence-electron chi connectivity index (χ3n) is 3.65. The Labute approximate surface area is 130 Å². The van der Waals surface area contributed by atoms with E-state index in [0.717, 1.165) is 41.1 Å². The van der Waals surface area contributed by atoms with Crippen LogP contribution >= 0.6 is 11.6 Å². The van der Waals surface area contributed by atoms with Crippen molar-refractivity contribution in [3.63, 3.8) is 0 Å². The van der Waals surface area contributed by atoms with Crippen LogP contribution in [0.5, 0.6) is 0 Å². The Morgan fingerprint density at radius 3 is 2.71 bits per heavy atom. The van der Waals surface area contributed by atoms with E-state index in [4.69, 9.17) is 11.6 Å². The molecule has 1 aliphatic rings. The lowest BCUT2D eigenvalue weighted by atomic mass is 10.2. The van der Waals surface area contributed by atoms with Gasteiger partial charge in [-0.3, -0.25) is 0 Å². The number of hydrogen-bond donors (Lipinski definition) is 1. The van der Waals surface area contributed by atoms with Gasteiger partial charge >= 0.3 is 0 Å². The van der Waals surface area contributed by atoms with Crippen LogP contribution in [0.15, 0.2) is 30.3 Å². The monoisotopic (exact) mass is 302 g/mol. The number of anilines is 2. The van der Waals surface area contributed by atoms with Crippen molar-refractivity contribution in [2.75, 3.05) is 23.3 Å². The maximum atomic E-state index is 6.18. The molecule has 5 heteroatoms. The molecule has 3 rings (SSSR count). The zero-order valence-corrected chi connectivity index (χ0v) is 12.9. The molecule has 110 valence electrons. The normalized spacial score (nSPS) is 14.5. The molecule has 0 atom stereocenters. The number of hydrogen-bond acceptors (Lipinski definition) is 4. The first-order valence-electron chi connectivity index (χ1n) is 7.30. The van der Waals surface area contributed by atoms with Gasteiger partial charge in [0.25, 0.3) is 0 Å². The lowest BCUT2D eigenvalue weighted by molar-refractivity contribution is 0.887. The molecule has 0 saturated carbocycles. The van der Waals surface area contributed by atoms with Gasteiger partial charge in [0, 0.05) is 36.4 Å². The van der Waals surface area contributed by atoms with Crippen molar-refractivity contribution in [2.45, 2.75) is 26.3 Å². The van der Waals surface area contributed by atoms with Crippen LogP contribution in [0.2, 0.25) is 5.02 Å². The van der Waals surface area contributed by atoms with E-state index < -0.39 is 0 Å². The van der Waals surface area contributed by atoms with Crippen LogP contribution in [0.25, 0.3) is 0 Å². The average Bonchev–Trinajstić information content (AvgIpc) is 3.00. The Morgan fingerprint density at radius 2 is 1.95 bits per heavy atom. The predicted molar refractivity (Wildman–Crippen MR) is 87.0 cm³/mol. The molecule has 2 aromatic rings. The fourth-order valence-electron chi connectivity index (χ4n) is 2.53. The van der Waals surface area contributed by atoms with E-state index in [9.17, 15) is 0 Å². The summed E-state index contributed by atoms with van der Waals surface area (Å²) in [5, 5.41) is 4.12. The molecule has 1 aromatic carbocycles. The number of aryl methyl sites for hydroxylation is 1. The van der Waals surface area contributed by atoms with E-state index in [0.29, 0.717) is 6.54 Å². The van der Waals surface area contributed by atoms with Gasteiger partial charge in [0.05, 0.1) is 0 Å². The summed E-state index contributed by atoms with van der Waals surface area (Å²) in [5.41, 5.74) is 2.05. The number of benzene rings is 1. The smallest absolute Gasteiger partial charge is 0.227 e. The quantitative estimate of drug-likeness (QED) is 0.936. The van der Waals surface area contributed by atoms with E-state index in [1.807, 2.05) is 37.3 Å². The van der Waals surface area contributed by atoms with Crippen molar-refractivity contribution < 1.29 is 0 Å². The summed E-state index contributed by atoms with van der Waals surface area (Å²) < 4.78 is 0. The van der Waals surface area contributed by atoms with E-state index >= 15 is 0 Å². The third kappa shape index (κ3) is 3.45. The topological polar surface area (TPSA) is 41.1 Å². The predicted octanol–water partition coefficient (Wildman–Crippen LogP) is 3.65. The lowest BCUT2D eigenvalue weighted by Gasteiger charge is -2.17. The highest BCUT2D eigenvalue weighted by Crippen LogP contribution is 2.20. The van der Waals surface area contributed by atoms with Crippen LogP contribution in [0.1, 0.15) is 24.1 Å². The molecule has 1 fully saturated rings. The minimum absolute atomic E-state index is 0.662. The van der Waals surface area contributed by atoms with Gasteiger partial charge in [0.1, 0.15) is 5.82 Å². The second-order valence-corrected chi connectivity index (χ2v) is 5.74. The first-order valence-corrected chi connectivity index (χ1v) is 7.68. The Bertz CT molecular complexity index is 623. The number of nitrogens with one attached hydrogen (secondary N) is 1. The highest BCUT2D eigenvalue weighted by Gasteiger charge is 2.15. The van der Waals surface area contributed by atoms with E-state index in [-0.39, 0.29) is 0 Å². The van der Waals surface area contributed by atoms with Gasteiger partial charge in [-0.15, -0.1) is 0 Å².